The molecular weight excluding hydrogens is 446 g/mol. The summed E-state index contributed by atoms with van der Waals surface area (Å²) >= 11 is 0. The van der Waals surface area contributed by atoms with Crippen LogP contribution in [0.3, 0.4) is 0 Å². The van der Waals surface area contributed by atoms with E-state index in [-0.39, 0.29) is 5.91 Å². The van der Waals surface area contributed by atoms with Crippen LogP contribution in [0.5, 0.6) is 5.75 Å². The van der Waals surface area contributed by atoms with Crippen molar-refractivity contribution >= 4 is 22.7 Å². The minimum absolute atomic E-state index is 0.326. The third-order valence-electron chi connectivity index (χ3n) is 7.46. The van der Waals surface area contributed by atoms with Crippen LogP contribution in [0.1, 0.15) is 63.9 Å². The van der Waals surface area contributed by atoms with Crippen LogP contribution in [-0.2, 0) is 16.1 Å². The molecule has 2 aromatic rings. The van der Waals surface area contributed by atoms with E-state index in [4.69, 9.17) is 4.74 Å². The number of aliphatic hydroxyl groups is 2. The van der Waals surface area contributed by atoms with Gasteiger partial charge in [-0.1, -0.05) is 23.3 Å². The number of piperazine rings is 1. The van der Waals surface area contributed by atoms with Crippen molar-refractivity contribution in [3.05, 3.63) is 52.8 Å². The van der Waals surface area contributed by atoms with Gasteiger partial charge in [-0.25, -0.2) is 0 Å². The molecule has 2 fully saturated rings. The molecular formula is C27H33N3O5. The van der Waals surface area contributed by atoms with Gasteiger partial charge in [0, 0.05) is 30.1 Å². The molecule has 5 rings (SSSR count). The van der Waals surface area contributed by atoms with Gasteiger partial charge >= 0.3 is 0 Å². The Labute approximate surface area is 205 Å². The lowest BCUT2D eigenvalue weighted by atomic mass is 9.82. The first kappa shape index (κ1) is 23.6. The van der Waals surface area contributed by atoms with Crippen LogP contribution in [0.2, 0.25) is 0 Å². The van der Waals surface area contributed by atoms with Crippen LogP contribution < -0.4 is 4.74 Å². The molecule has 35 heavy (non-hydrogen) atoms. The number of ether oxygens (including phenoxy) is 1. The molecule has 2 N–H and O–H groups in total. The number of benzene rings is 1. The van der Waals surface area contributed by atoms with E-state index in [0.717, 1.165) is 22.0 Å². The normalized spacial score (nSPS) is 27.5. The molecule has 2 amide bonds. The minimum atomic E-state index is -2.38. The van der Waals surface area contributed by atoms with Crippen LogP contribution in [0, 0.1) is 0 Å². The summed E-state index contributed by atoms with van der Waals surface area (Å²) in [5.41, 5.74) is 1.67. The van der Waals surface area contributed by atoms with Crippen molar-refractivity contribution in [2.24, 2.45) is 0 Å². The molecule has 0 unspecified atom stereocenters. The van der Waals surface area contributed by atoms with Crippen LogP contribution in [0.25, 0.3) is 10.9 Å². The van der Waals surface area contributed by atoms with E-state index in [1.54, 1.807) is 13.2 Å². The Morgan fingerprint density at radius 3 is 2.60 bits per heavy atom. The molecule has 4 heterocycles. The van der Waals surface area contributed by atoms with Crippen molar-refractivity contribution in [3.8, 4) is 5.75 Å². The monoisotopic (exact) mass is 479 g/mol. The number of carbonyl (C=O) groups is 2. The number of aromatic nitrogens is 1. The van der Waals surface area contributed by atoms with Crippen molar-refractivity contribution in [2.45, 2.75) is 71.0 Å². The number of rotatable bonds is 4. The average Bonchev–Trinajstić information content (AvgIpc) is 3.42. The number of aliphatic hydroxyl groups excluding tert-OH is 1. The second-order valence-electron chi connectivity index (χ2n) is 10.3. The first-order valence-corrected chi connectivity index (χ1v) is 12.1. The van der Waals surface area contributed by atoms with Gasteiger partial charge in [0.1, 0.15) is 17.9 Å². The van der Waals surface area contributed by atoms with Crippen LogP contribution >= 0.6 is 0 Å². The average molecular weight is 480 g/mol. The number of hydrogen-bond acceptors (Lipinski definition) is 5. The summed E-state index contributed by atoms with van der Waals surface area (Å²) in [6, 6.07) is 4.22. The van der Waals surface area contributed by atoms with E-state index < -0.39 is 29.8 Å². The summed E-state index contributed by atoms with van der Waals surface area (Å²) < 4.78 is 7.54. The summed E-state index contributed by atoms with van der Waals surface area (Å²) in [5, 5.41) is 24.4. The maximum Gasteiger partial charge on any atom is 0.279 e. The van der Waals surface area contributed by atoms with Crippen molar-refractivity contribution in [3.63, 3.8) is 0 Å². The summed E-state index contributed by atoms with van der Waals surface area (Å²) in [5.74, 6) is -0.278. The Bertz CT molecular complexity index is 1280. The number of allylic oxidation sites excluding steroid dienone is 3. The SMILES string of the molecule is COc1ccc2c3c(n(CC=C(C)C)c2c1)[C@H](C=C(C)C)N1C(=O)[C@@H]2CCCN2C(=O)[C@]1(O)[C@H]3O. The Balaban J connectivity index is 1.86. The molecule has 0 bridgehead atoms. The Morgan fingerprint density at radius 1 is 1.20 bits per heavy atom. The quantitative estimate of drug-likeness (QED) is 0.657. The predicted molar refractivity (Wildman–Crippen MR) is 132 cm³/mol. The van der Waals surface area contributed by atoms with E-state index in [1.165, 1.54) is 9.80 Å². The van der Waals surface area contributed by atoms with Crippen molar-refractivity contribution in [1.29, 1.82) is 0 Å². The number of fused-ring (bicyclic) bond motifs is 5. The topological polar surface area (TPSA) is 95.2 Å². The molecule has 3 aliphatic heterocycles. The van der Waals surface area contributed by atoms with Gasteiger partial charge in [0.2, 0.25) is 5.91 Å². The van der Waals surface area contributed by atoms with Gasteiger partial charge in [-0.2, -0.15) is 0 Å². The van der Waals surface area contributed by atoms with Gasteiger partial charge in [-0.15, -0.1) is 0 Å². The molecule has 8 heteroatoms. The number of carbonyl (C=O) groups excluding carboxylic acids is 2. The maximum absolute atomic E-state index is 13.8. The second-order valence-corrected chi connectivity index (χ2v) is 10.3. The van der Waals surface area contributed by atoms with Gasteiger partial charge in [0.15, 0.2) is 0 Å². The van der Waals surface area contributed by atoms with Crippen molar-refractivity contribution in [1.82, 2.24) is 14.4 Å². The van der Waals surface area contributed by atoms with E-state index in [9.17, 15) is 19.8 Å². The van der Waals surface area contributed by atoms with Gasteiger partial charge < -0.3 is 24.4 Å². The smallest absolute Gasteiger partial charge is 0.279 e. The highest BCUT2D eigenvalue weighted by Crippen LogP contribution is 2.52. The van der Waals surface area contributed by atoms with Crippen LogP contribution in [0.15, 0.2) is 41.5 Å². The Hall–Kier alpha value is -3.10. The lowest BCUT2D eigenvalue weighted by molar-refractivity contribution is -0.229. The Kier molecular flexibility index (Phi) is 5.56. The molecule has 1 aromatic carbocycles. The summed E-state index contributed by atoms with van der Waals surface area (Å²) in [6.45, 7) is 8.79. The lowest BCUT2D eigenvalue weighted by Crippen LogP contribution is -2.74. The molecule has 8 nitrogen and oxygen atoms in total. The largest absolute Gasteiger partial charge is 0.497 e. The van der Waals surface area contributed by atoms with Crippen molar-refractivity contribution in [2.75, 3.05) is 13.7 Å². The number of methoxy groups -OCH3 is 1. The summed E-state index contributed by atoms with van der Waals surface area (Å²) in [4.78, 5) is 30.2. The van der Waals surface area contributed by atoms with Gasteiger partial charge in [0.25, 0.3) is 11.6 Å². The third kappa shape index (κ3) is 3.27. The van der Waals surface area contributed by atoms with Crippen LogP contribution in [-0.4, -0.2) is 61.8 Å². The number of nitrogens with zero attached hydrogens (tertiary/aromatic N) is 3. The minimum Gasteiger partial charge on any atom is -0.497 e. The summed E-state index contributed by atoms with van der Waals surface area (Å²) in [7, 11) is 1.60. The molecule has 186 valence electrons. The van der Waals surface area contributed by atoms with E-state index in [2.05, 4.69) is 10.6 Å². The molecule has 0 aliphatic carbocycles. The predicted octanol–water partition coefficient (Wildman–Crippen LogP) is 3.19. The molecule has 4 atom stereocenters. The highest BCUT2D eigenvalue weighted by atomic mass is 16.5. The molecule has 0 radical (unpaired) electrons. The van der Waals surface area contributed by atoms with Gasteiger partial charge in [0.05, 0.1) is 24.4 Å². The summed E-state index contributed by atoms with van der Waals surface area (Å²) in [6.07, 6.45) is 3.63. The fourth-order valence-corrected chi connectivity index (χ4v) is 5.88. The zero-order valence-corrected chi connectivity index (χ0v) is 20.9. The zero-order valence-electron chi connectivity index (χ0n) is 20.9. The number of amides is 2. The molecule has 2 saturated heterocycles. The fraction of sp³-hybridized carbons (Fsp3) is 0.481. The van der Waals surface area contributed by atoms with E-state index in [1.807, 2.05) is 45.9 Å². The molecule has 0 saturated carbocycles. The van der Waals surface area contributed by atoms with Gasteiger partial charge in [-0.05, 0) is 52.7 Å². The lowest BCUT2D eigenvalue weighted by Gasteiger charge is -2.54. The number of hydrogen-bond donors (Lipinski definition) is 2. The van der Waals surface area contributed by atoms with Crippen molar-refractivity contribution < 1.29 is 24.5 Å². The molecule has 0 spiro atoms. The van der Waals surface area contributed by atoms with E-state index >= 15 is 0 Å². The highest BCUT2D eigenvalue weighted by molar-refractivity contribution is 6.02. The highest BCUT2D eigenvalue weighted by Gasteiger charge is 2.65. The second kappa shape index (κ2) is 8.24. The molecule has 3 aliphatic rings. The fourth-order valence-electron chi connectivity index (χ4n) is 5.88. The van der Waals surface area contributed by atoms with E-state index in [0.29, 0.717) is 42.9 Å². The zero-order chi connectivity index (χ0) is 25.2. The van der Waals surface area contributed by atoms with Crippen LogP contribution in [0.4, 0.5) is 0 Å². The third-order valence-corrected chi connectivity index (χ3v) is 7.46. The standard InChI is InChI=1S/C27H33N3O5/c1-15(2)10-12-28-20-14-17(35-5)8-9-18(20)22-23(28)21(13-16(3)4)30-25(32)19-7-6-11-29(19)26(33)27(30,34)24(22)31/h8-10,13-14,19,21,24,31,34H,6-7,11-12H2,1-5H3/t19-,21-,24-,27+/m0/s1. The first-order chi connectivity index (χ1) is 16.6. The molecule has 1 aromatic heterocycles. The first-order valence-electron chi connectivity index (χ1n) is 12.1. The Morgan fingerprint density at radius 2 is 1.94 bits per heavy atom. The van der Waals surface area contributed by atoms with Gasteiger partial charge in [-0.3, -0.25) is 14.5 Å². The maximum atomic E-state index is 13.8.